The number of oxime groups is 1. The van der Waals surface area contributed by atoms with Crippen molar-refractivity contribution < 1.29 is 5.21 Å². The quantitative estimate of drug-likeness (QED) is 0.337. The second kappa shape index (κ2) is 4.43. The van der Waals surface area contributed by atoms with Crippen molar-refractivity contribution in [2.75, 3.05) is 0 Å². The number of amidine groups is 1. The smallest absolute Gasteiger partial charge is 0.219 e. The van der Waals surface area contributed by atoms with E-state index in [-0.39, 0.29) is 11.7 Å². The standard InChI is InChI=1S/C10H11N5O/c11-9(14-16)10-12-7-15(13-10)6-8-4-2-1-3-5-8/h1-5,7,16H,6H2,(H2,11,14). The van der Waals surface area contributed by atoms with E-state index in [4.69, 9.17) is 10.9 Å². The molecule has 0 saturated heterocycles. The highest BCUT2D eigenvalue weighted by Crippen LogP contribution is 2.01. The van der Waals surface area contributed by atoms with Crippen LogP contribution in [-0.2, 0) is 6.54 Å². The number of aromatic nitrogens is 3. The van der Waals surface area contributed by atoms with Gasteiger partial charge in [0.2, 0.25) is 11.7 Å². The van der Waals surface area contributed by atoms with Crippen LogP contribution in [0.3, 0.4) is 0 Å². The van der Waals surface area contributed by atoms with Crippen LogP contribution in [0.4, 0.5) is 0 Å². The molecule has 1 aromatic heterocycles. The monoisotopic (exact) mass is 217 g/mol. The second-order valence-electron chi connectivity index (χ2n) is 3.24. The van der Waals surface area contributed by atoms with Crippen molar-refractivity contribution >= 4 is 5.84 Å². The fraction of sp³-hybridized carbons (Fsp3) is 0.100. The molecule has 82 valence electrons. The Morgan fingerprint density at radius 2 is 2.12 bits per heavy atom. The van der Waals surface area contributed by atoms with E-state index in [0.29, 0.717) is 6.54 Å². The Morgan fingerprint density at radius 3 is 2.81 bits per heavy atom. The fourth-order valence-corrected chi connectivity index (χ4v) is 1.30. The lowest BCUT2D eigenvalue weighted by molar-refractivity contribution is 0.318. The van der Waals surface area contributed by atoms with Gasteiger partial charge in [0.25, 0.3) is 0 Å². The molecule has 0 saturated carbocycles. The van der Waals surface area contributed by atoms with Gasteiger partial charge in [-0.15, -0.1) is 5.10 Å². The van der Waals surface area contributed by atoms with Gasteiger partial charge >= 0.3 is 0 Å². The summed E-state index contributed by atoms with van der Waals surface area (Å²) in [6.07, 6.45) is 1.54. The average Bonchev–Trinajstić information content (AvgIpc) is 2.78. The first kappa shape index (κ1) is 10.2. The van der Waals surface area contributed by atoms with Crippen LogP contribution in [0.2, 0.25) is 0 Å². The Morgan fingerprint density at radius 1 is 1.38 bits per heavy atom. The van der Waals surface area contributed by atoms with Crippen LogP contribution in [0, 0.1) is 0 Å². The molecular weight excluding hydrogens is 206 g/mol. The van der Waals surface area contributed by atoms with Gasteiger partial charge in [0.1, 0.15) is 6.33 Å². The molecule has 0 aliphatic rings. The molecule has 0 fully saturated rings. The first-order valence-electron chi connectivity index (χ1n) is 4.71. The third-order valence-corrected chi connectivity index (χ3v) is 2.06. The Kier molecular flexibility index (Phi) is 2.81. The number of hydrogen-bond acceptors (Lipinski definition) is 4. The molecule has 3 N–H and O–H groups in total. The van der Waals surface area contributed by atoms with Crippen LogP contribution in [0.15, 0.2) is 41.8 Å². The van der Waals surface area contributed by atoms with Gasteiger partial charge in [0.05, 0.1) is 6.54 Å². The van der Waals surface area contributed by atoms with Crippen LogP contribution in [0.1, 0.15) is 11.4 Å². The van der Waals surface area contributed by atoms with Crippen molar-refractivity contribution in [1.29, 1.82) is 0 Å². The molecule has 0 unspecified atom stereocenters. The SMILES string of the molecule is NC(=NO)c1ncn(Cc2ccccc2)n1. The first-order chi connectivity index (χ1) is 7.79. The third-order valence-electron chi connectivity index (χ3n) is 2.06. The molecule has 0 aliphatic carbocycles. The molecular formula is C10H11N5O. The predicted molar refractivity (Wildman–Crippen MR) is 58.1 cm³/mol. The van der Waals surface area contributed by atoms with E-state index in [2.05, 4.69) is 15.2 Å². The van der Waals surface area contributed by atoms with Gasteiger partial charge in [-0.1, -0.05) is 35.5 Å². The summed E-state index contributed by atoms with van der Waals surface area (Å²) >= 11 is 0. The van der Waals surface area contributed by atoms with Gasteiger partial charge in [0, 0.05) is 0 Å². The molecule has 16 heavy (non-hydrogen) atoms. The molecule has 2 aromatic rings. The minimum atomic E-state index is -0.0909. The van der Waals surface area contributed by atoms with Crippen LogP contribution >= 0.6 is 0 Å². The summed E-state index contributed by atoms with van der Waals surface area (Å²) in [5, 5.41) is 15.4. The van der Waals surface area contributed by atoms with Gasteiger partial charge in [-0.2, -0.15) is 0 Å². The van der Waals surface area contributed by atoms with E-state index in [1.54, 1.807) is 11.0 Å². The van der Waals surface area contributed by atoms with Crippen molar-refractivity contribution in [3.63, 3.8) is 0 Å². The zero-order valence-electron chi connectivity index (χ0n) is 8.48. The maximum Gasteiger partial charge on any atom is 0.219 e. The molecule has 6 nitrogen and oxygen atoms in total. The normalized spacial score (nSPS) is 11.6. The highest BCUT2D eigenvalue weighted by atomic mass is 16.4. The molecule has 0 spiro atoms. The van der Waals surface area contributed by atoms with Gasteiger partial charge in [0.15, 0.2) is 0 Å². The minimum absolute atomic E-state index is 0.0909. The fourth-order valence-electron chi connectivity index (χ4n) is 1.30. The number of hydrogen-bond donors (Lipinski definition) is 2. The maximum absolute atomic E-state index is 8.46. The Bertz CT molecular complexity index is 491. The van der Waals surface area contributed by atoms with Crippen LogP contribution in [0.25, 0.3) is 0 Å². The lowest BCUT2D eigenvalue weighted by Gasteiger charge is -1.99. The summed E-state index contributed by atoms with van der Waals surface area (Å²) in [5.74, 6) is 0.130. The zero-order chi connectivity index (χ0) is 11.4. The summed E-state index contributed by atoms with van der Waals surface area (Å²) in [5.41, 5.74) is 6.47. The van der Waals surface area contributed by atoms with Crippen molar-refractivity contribution in [2.45, 2.75) is 6.54 Å². The number of rotatable bonds is 3. The topological polar surface area (TPSA) is 89.3 Å². The lowest BCUT2D eigenvalue weighted by Crippen LogP contribution is -2.15. The molecule has 0 atom stereocenters. The minimum Gasteiger partial charge on any atom is -0.409 e. The van der Waals surface area contributed by atoms with E-state index in [0.717, 1.165) is 5.56 Å². The van der Waals surface area contributed by atoms with Crippen molar-refractivity contribution in [1.82, 2.24) is 14.8 Å². The van der Waals surface area contributed by atoms with Crippen molar-refractivity contribution in [3.05, 3.63) is 48.0 Å². The van der Waals surface area contributed by atoms with E-state index in [1.807, 2.05) is 30.3 Å². The predicted octanol–water partition coefficient (Wildman–Crippen LogP) is 0.421. The molecule has 1 heterocycles. The summed E-state index contributed by atoms with van der Waals surface area (Å²) in [6.45, 7) is 0.604. The van der Waals surface area contributed by atoms with Gasteiger partial charge in [-0.3, -0.25) is 0 Å². The second-order valence-corrected chi connectivity index (χ2v) is 3.24. The van der Waals surface area contributed by atoms with Crippen molar-refractivity contribution in [2.24, 2.45) is 10.9 Å². The highest BCUT2D eigenvalue weighted by molar-refractivity contribution is 5.93. The molecule has 6 heteroatoms. The maximum atomic E-state index is 8.46. The lowest BCUT2D eigenvalue weighted by atomic mass is 10.2. The molecule has 0 amide bonds. The molecule has 0 aliphatic heterocycles. The van der Waals surface area contributed by atoms with Crippen molar-refractivity contribution in [3.8, 4) is 0 Å². The third kappa shape index (κ3) is 2.17. The average molecular weight is 217 g/mol. The number of nitrogens with zero attached hydrogens (tertiary/aromatic N) is 4. The van der Waals surface area contributed by atoms with Gasteiger partial charge in [-0.05, 0) is 5.56 Å². The number of benzene rings is 1. The van der Waals surface area contributed by atoms with Crippen LogP contribution < -0.4 is 5.73 Å². The molecule has 0 radical (unpaired) electrons. The van der Waals surface area contributed by atoms with Crippen LogP contribution in [-0.4, -0.2) is 25.8 Å². The van der Waals surface area contributed by atoms with Crippen LogP contribution in [0.5, 0.6) is 0 Å². The molecule has 0 bridgehead atoms. The van der Waals surface area contributed by atoms with Gasteiger partial charge < -0.3 is 10.9 Å². The highest BCUT2D eigenvalue weighted by Gasteiger charge is 2.05. The Hall–Kier alpha value is -2.37. The summed E-state index contributed by atoms with van der Waals surface area (Å²) in [7, 11) is 0. The van der Waals surface area contributed by atoms with E-state index >= 15 is 0 Å². The van der Waals surface area contributed by atoms with E-state index in [1.165, 1.54) is 0 Å². The number of nitrogens with two attached hydrogens (primary N) is 1. The van der Waals surface area contributed by atoms with E-state index < -0.39 is 0 Å². The first-order valence-corrected chi connectivity index (χ1v) is 4.71. The molecule has 2 rings (SSSR count). The summed E-state index contributed by atoms with van der Waals surface area (Å²) in [6, 6.07) is 9.84. The largest absolute Gasteiger partial charge is 0.409 e. The van der Waals surface area contributed by atoms with Gasteiger partial charge in [-0.25, -0.2) is 9.67 Å². The Labute approximate surface area is 92.0 Å². The van der Waals surface area contributed by atoms with E-state index in [9.17, 15) is 0 Å². The Balaban J connectivity index is 2.15. The molecule has 1 aromatic carbocycles. The summed E-state index contributed by atoms with van der Waals surface area (Å²) in [4.78, 5) is 3.92. The zero-order valence-corrected chi connectivity index (χ0v) is 8.48. The summed E-state index contributed by atoms with van der Waals surface area (Å²) < 4.78 is 1.63.